The Labute approximate surface area is 120 Å². The van der Waals surface area contributed by atoms with E-state index in [-0.39, 0.29) is 5.69 Å². The summed E-state index contributed by atoms with van der Waals surface area (Å²) < 4.78 is 5.46. The fourth-order valence-electron chi connectivity index (χ4n) is 2.38. The highest BCUT2D eigenvalue weighted by Crippen LogP contribution is 2.30. The maximum atomic E-state index is 10.7. The van der Waals surface area contributed by atoms with Crippen LogP contribution in [0.3, 0.4) is 0 Å². The number of hydrogen-bond donors (Lipinski definition) is 0. The van der Waals surface area contributed by atoms with E-state index in [9.17, 15) is 10.1 Å². The third-order valence-electron chi connectivity index (χ3n) is 3.41. The minimum absolute atomic E-state index is 0.0932. The summed E-state index contributed by atoms with van der Waals surface area (Å²) in [5, 5.41) is 14.9. The molecule has 0 bridgehead atoms. The molecule has 2 heterocycles. The molecule has 104 valence electrons. The molecule has 2 aromatic rings. The number of thioether (sulfide) groups is 1. The van der Waals surface area contributed by atoms with Gasteiger partial charge < -0.3 is 4.52 Å². The molecule has 0 spiro atoms. The highest BCUT2D eigenvalue weighted by Gasteiger charge is 2.19. The second kappa shape index (κ2) is 5.66. The van der Waals surface area contributed by atoms with Crippen LogP contribution >= 0.6 is 11.8 Å². The Kier molecular flexibility index (Phi) is 3.73. The summed E-state index contributed by atoms with van der Waals surface area (Å²) in [5.74, 6) is 3.19. The Morgan fingerprint density at radius 1 is 1.20 bits per heavy atom. The maximum absolute atomic E-state index is 10.7. The molecule has 0 fully saturated rings. The van der Waals surface area contributed by atoms with Crippen LogP contribution in [0.2, 0.25) is 0 Å². The zero-order valence-electron chi connectivity index (χ0n) is 10.9. The molecule has 0 N–H and O–H groups in total. The van der Waals surface area contributed by atoms with Gasteiger partial charge in [-0.1, -0.05) is 5.16 Å². The van der Waals surface area contributed by atoms with Gasteiger partial charge in [0.25, 0.3) is 5.69 Å². The van der Waals surface area contributed by atoms with Crippen molar-refractivity contribution in [3.05, 3.63) is 45.7 Å². The van der Waals surface area contributed by atoms with Crippen molar-refractivity contribution in [2.75, 3.05) is 11.5 Å². The Balaban J connectivity index is 1.95. The van der Waals surface area contributed by atoms with Gasteiger partial charge in [-0.2, -0.15) is 11.8 Å². The van der Waals surface area contributed by atoms with Gasteiger partial charge in [0.2, 0.25) is 0 Å². The lowest BCUT2D eigenvalue weighted by molar-refractivity contribution is -0.384. The van der Waals surface area contributed by atoms with E-state index in [1.54, 1.807) is 12.1 Å². The molecule has 0 radical (unpaired) electrons. The first-order valence-electron chi connectivity index (χ1n) is 6.55. The number of nitrogens with zero attached hydrogens (tertiary/aromatic N) is 2. The van der Waals surface area contributed by atoms with E-state index in [0.29, 0.717) is 0 Å². The largest absolute Gasteiger partial charge is 0.360 e. The van der Waals surface area contributed by atoms with E-state index >= 15 is 0 Å². The van der Waals surface area contributed by atoms with Crippen molar-refractivity contribution in [3.8, 4) is 11.3 Å². The van der Waals surface area contributed by atoms with Gasteiger partial charge in [-0.05, 0) is 36.5 Å². The van der Waals surface area contributed by atoms with Gasteiger partial charge >= 0.3 is 0 Å². The van der Waals surface area contributed by atoms with Gasteiger partial charge in [0.15, 0.2) is 0 Å². The van der Waals surface area contributed by atoms with Crippen molar-refractivity contribution in [2.24, 2.45) is 0 Å². The number of nitro groups is 1. The molecule has 0 atom stereocenters. The molecule has 0 saturated carbocycles. The molecule has 0 unspecified atom stereocenters. The minimum atomic E-state index is -0.395. The predicted octanol–water partition coefficient (Wildman–Crippen LogP) is 3.47. The fraction of sp³-hybridized carbons (Fsp3) is 0.357. The van der Waals surface area contributed by atoms with Crippen LogP contribution in [0.15, 0.2) is 28.8 Å². The Bertz CT molecular complexity index is 622. The van der Waals surface area contributed by atoms with E-state index < -0.39 is 4.92 Å². The second-order valence-electron chi connectivity index (χ2n) is 4.70. The lowest BCUT2D eigenvalue weighted by atomic mass is 10.0. The lowest BCUT2D eigenvalue weighted by Crippen LogP contribution is -2.00. The summed E-state index contributed by atoms with van der Waals surface area (Å²) in [6.07, 6.45) is 2.96. The van der Waals surface area contributed by atoms with Crippen LogP contribution in [0.1, 0.15) is 17.7 Å². The Morgan fingerprint density at radius 3 is 2.75 bits per heavy atom. The minimum Gasteiger partial charge on any atom is -0.360 e. The molecule has 5 nitrogen and oxygen atoms in total. The fourth-order valence-corrected chi connectivity index (χ4v) is 3.28. The molecule has 6 heteroatoms. The van der Waals surface area contributed by atoms with E-state index in [2.05, 4.69) is 5.16 Å². The van der Waals surface area contributed by atoms with Crippen LogP contribution in [0, 0.1) is 10.1 Å². The van der Waals surface area contributed by atoms with E-state index in [1.165, 1.54) is 12.1 Å². The highest BCUT2D eigenvalue weighted by molar-refractivity contribution is 7.99. The summed E-state index contributed by atoms with van der Waals surface area (Å²) >= 11 is 1.95. The molecule has 0 amide bonds. The number of fused-ring (bicyclic) bond motifs is 1. The molecule has 3 rings (SSSR count). The van der Waals surface area contributed by atoms with Crippen molar-refractivity contribution in [1.82, 2.24) is 5.16 Å². The van der Waals surface area contributed by atoms with Crippen LogP contribution < -0.4 is 0 Å². The molecule has 0 saturated heterocycles. The first kappa shape index (κ1) is 13.2. The molecular weight excluding hydrogens is 276 g/mol. The van der Waals surface area contributed by atoms with Gasteiger partial charge in [-0.3, -0.25) is 10.1 Å². The average Bonchev–Trinajstić information content (AvgIpc) is 2.80. The van der Waals surface area contributed by atoms with Gasteiger partial charge in [0, 0.05) is 29.7 Å². The maximum Gasteiger partial charge on any atom is 0.269 e. The number of benzene rings is 1. The summed E-state index contributed by atoms with van der Waals surface area (Å²) in [6, 6.07) is 6.49. The van der Waals surface area contributed by atoms with Crippen molar-refractivity contribution < 1.29 is 9.45 Å². The molecule has 20 heavy (non-hydrogen) atoms. The average molecular weight is 290 g/mol. The van der Waals surface area contributed by atoms with E-state index in [0.717, 1.165) is 53.3 Å². The standard InChI is InChI=1S/C14H14N2O3S/c17-16(18)11-5-3-10(4-6-11)14-12-7-9-20-8-1-2-13(12)19-15-14/h3-6H,1-2,7-9H2. The predicted molar refractivity (Wildman–Crippen MR) is 77.9 cm³/mol. The lowest BCUT2D eigenvalue weighted by Gasteiger charge is -2.08. The molecule has 1 aliphatic heterocycles. The summed E-state index contributed by atoms with van der Waals surface area (Å²) in [6.45, 7) is 0. The second-order valence-corrected chi connectivity index (χ2v) is 5.93. The highest BCUT2D eigenvalue weighted by atomic mass is 32.2. The topological polar surface area (TPSA) is 69.2 Å². The number of nitro benzene ring substituents is 1. The third-order valence-corrected chi connectivity index (χ3v) is 4.48. The molecular formula is C14H14N2O3S. The van der Waals surface area contributed by atoms with Crippen molar-refractivity contribution in [1.29, 1.82) is 0 Å². The van der Waals surface area contributed by atoms with Crippen LogP contribution in [0.4, 0.5) is 5.69 Å². The summed E-state index contributed by atoms with van der Waals surface area (Å²) in [5.41, 5.74) is 2.96. The number of aryl methyl sites for hydroxylation is 1. The van der Waals surface area contributed by atoms with E-state index in [4.69, 9.17) is 4.52 Å². The quantitative estimate of drug-likeness (QED) is 0.625. The molecule has 1 aliphatic rings. The molecule has 0 aliphatic carbocycles. The number of rotatable bonds is 2. The number of aromatic nitrogens is 1. The monoisotopic (exact) mass is 290 g/mol. The number of hydrogen-bond acceptors (Lipinski definition) is 5. The van der Waals surface area contributed by atoms with Gasteiger partial charge in [-0.25, -0.2) is 0 Å². The van der Waals surface area contributed by atoms with Gasteiger partial charge in [0.05, 0.1) is 4.92 Å². The zero-order valence-corrected chi connectivity index (χ0v) is 11.7. The van der Waals surface area contributed by atoms with Crippen LogP contribution in [-0.4, -0.2) is 21.6 Å². The summed E-state index contributed by atoms with van der Waals surface area (Å²) in [4.78, 5) is 10.3. The van der Waals surface area contributed by atoms with Crippen molar-refractivity contribution >= 4 is 17.4 Å². The van der Waals surface area contributed by atoms with Crippen molar-refractivity contribution in [2.45, 2.75) is 19.3 Å². The zero-order chi connectivity index (χ0) is 13.9. The summed E-state index contributed by atoms with van der Waals surface area (Å²) in [7, 11) is 0. The Hall–Kier alpha value is -1.82. The first-order valence-corrected chi connectivity index (χ1v) is 7.71. The van der Waals surface area contributed by atoms with Gasteiger partial charge in [0.1, 0.15) is 11.5 Å². The van der Waals surface area contributed by atoms with Gasteiger partial charge in [-0.15, -0.1) is 0 Å². The third kappa shape index (κ3) is 2.56. The molecule has 1 aromatic carbocycles. The SMILES string of the molecule is O=[N+]([O-])c1ccc(-c2noc3c2CCSCCC3)cc1. The smallest absolute Gasteiger partial charge is 0.269 e. The van der Waals surface area contributed by atoms with Crippen molar-refractivity contribution in [3.63, 3.8) is 0 Å². The Morgan fingerprint density at radius 2 is 2.00 bits per heavy atom. The number of non-ortho nitro benzene ring substituents is 1. The normalized spacial score (nSPS) is 15.2. The van der Waals surface area contributed by atoms with E-state index in [1.807, 2.05) is 11.8 Å². The first-order chi connectivity index (χ1) is 9.75. The molecule has 1 aromatic heterocycles. The van der Waals surface area contributed by atoms with Crippen LogP contribution in [-0.2, 0) is 12.8 Å². The van der Waals surface area contributed by atoms with Crippen LogP contribution in [0.5, 0.6) is 0 Å². The van der Waals surface area contributed by atoms with Crippen LogP contribution in [0.25, 0.3) is 11.3 Å².